The van der Waals surface area contributed by atoms with Crippen LogP contribution in [0.15, 0.2) is 42.0 Å². The molecule has 1 aliphatic heterocycles. The highest BCUT2D eigenvalue weighted by molar-refractivity contribution is 5.77. The van der Waals surface area contributed by atoms with E-state index in [0.29, 0.717) is 38.7 Å². The number of carboxylic acids is 1. The number of carbonyl (C=O) groups is 1. The number of aliphatic hydroxyl groups excluding tert-OH is 5. The lowest BCUT2D eigenvalue weighted by Gasteiger charge is -2.73. The molecular formula is C44H66O10. The van der Waals surface area contributed by atoms with Gasteiger partial charge in [-0.2, -0.15) is 0 Å². The number of allylic oxidation sites excluding steroid dienone is 2. The van der Waals surface area contributed by atoms with Gasteiger partial charge in [-0.05, 0) is 102 Å². The number of ether oxygens (including phenoxy) is 3. The topological polar surface area (TPSA) is 166 Å². The summed E-state index contributed by atoms with van der Waals surface area (Å²) < 4.78 is 19.3. The Hall–Kier alpha value is -1.89. The Kier molecular flexibility index (Phi) is 10.6. The molecule has 1 heterocycles. The third kappa shape index (κ3) is 5.82. The first-order chi connectivity index (χ1) is 25.5. The van der Waals surface area contributed by atoms with Crippen LogP contribution in [-0.2, 0) is 25.6 Å². The average Bonchev–Trinajstić information content (AvgIpc) is 3.15. The highest BCUT2D eigenvalue weighted by atomic mass is 16.7. The zero-order valence-corrected chi connectivity index (χ0v) is 33.2. The maximum absolute atomic E-state index is 13.4. The molecule has 1 aromatic carbocycles. The lowest BCUT2D eigenvalue weighted by molar-refractivity contribution is -0.333. The van der Waals surface area contributed by atoms with Crippen molar-refractivity contribution >= 4 is 5.97 Å². The van der Waals surface area contributed by atoms with Crippen molar-refractivity contribution in [2.75, 3.05) is 19.8 Å². The number of fused-ring (bicyclic) bond motifs is 7. The lowest BCUT2D eigenvalue weighted by Crippen LogP contribution is -2.70. The first kappa shape index (κ1) is 40.3. The minimum atomic E-state index is -1.47. The molecule has 4 saturated carbocycles. The largest absolute Gasteiger partial charge is 0.481 e. The van der Waals surface area contributed by atoms with Crippen molar-refractivity contribution in [1.29, 1.82) is 0 Å². The Labute approximate surface area is 321 Å². The van der Waals surface area contributed by atoms with Gasteiger partial charge in [0.25, 0.3) is 0 Å². The van der Waals surface area contributed by atoms with Crippen LogP contribution in [0.3, 0.4) is 0 Å². The summed E-state index contributed by atoms with van der Waals surface area (Å²) in [4.78, 5) is 13.4. The van der Waals surface area contributed by atoms with Crippen LogP contribution in [0, 0.1) is 56.2 Å². The molecule has 0 unspecified atom stereocenters. The van der Waals surface area contributed by atoms with Gasteiger partial charge in [0, 0.05) is 12.0 Å². The standard InChI is InChI=1S/C44H66O10/c1-7-27-19-44(38(50)51)18-17-39(2,24-45)20-29(44)28-13-14-33-40(3)21-31(52-22-26-11-9-8-10-12-26)36(54-37-35(49)34(48)30(47)23-53-37)41(4,25-46)32(40)15-16-42(33,5)43(27,28)6/h8-13,27,29-37,45-49H,7,14-25H2,1-6H3,(H,50,51)/t27-,29+,30-,31-,32-,33+,34+,35-,36-,37-,39+,40+,41+,42-,43-,44-/m1/s1. The third-order valence-corrected chi connectivity index (χ3v) is 17.1. The fourth-order valence-corrected chi connectivity index (χ4v) is 13.8. The van der Waals surface area contributed by atoms with Gasteiger partial charge in [-0.25, -0.2) is 0 Å². The van der Waals surface area contributed by atoms with E-state index < -0.39 is 53.6 Å². The predicted molar refractivity (Wildman–Crippen MR) is 202 cm³/mol. The monoisotopic (exact) mass is 754 g/mol. The minimum absolute atomic E-state index is 0.0126. The van der Waals surface area contributed by atoms with Crippen LogP contribution >= 0.6 is 0 Å². The van der Waals surface area contributed by atoms with Gasteiger partial charge in [-0.15, -0.1) is 0 Å². The van der Waals surface area contributed by atoms with Crippen LogP contribution in [0.4, 0.5) is 0 Å². The van der Waals surface area contributed by atoms with E-state index in [-0.39, 0.29) is 65.2 Å². The zero-order chi connectivity index (χ0) is 39.1. The lowest BCUT2D eigenvalue weighted by atomic mass is 9.31. The Morgan fingerprint density at radius 2 is 1.63 bits per heavy atom. The summed E-state index contributed by atoms with van der Waals surface area (Å²) >= 11 is 0. The van der Waals surface area contributed by atoms with Gasteiger partial charge in [-0.1, -0.05) is 89.9 Å². The smallest absolute Gasteiger partial charge is 0.310 e. The number of aliphatic carboxylic acids is 1. The molecule has 7 rings (SSSR count). The molecule has 10 nitrogen and oxygen atoms in total. The van der Waals surface area contributed by atoms with Crippen molar-refractivity contribution in [1.82, 2.24) is 0 Å². The SMILES string of the molecule is CC[C@@H]1C[C@]2(C(=O)O)CC[C@](C)(CO)C[C@H]2C2=CC[C@H]3[C@@]4(C)C[C@@H](OCc5ccccc5)[C@@H](O[C@H]5OC[C@@H](O)[C@H](O)[C@H]5O)[C@@](C)(CO)[C@@H]4CC[C@@]3(C)[C@@]21C. The van der Waals surface area contributed by atoms with E-state index in [2.05, 4.69) is 47.6 Å². The molecule has 5 aliphatic carbocycles. The fourth-order valence-electron chi connectivity index (χ4n) is 13.8. The Bertz CT molecular complexity index is 1570. The first-order valence-electron chi connectivity index (χ1n) is 20.6. The normalized spacial score (nSPS) is 50.2. The summed E-state index contributed by atoms with van der Waals surface area (Å²) in [5, 5.41) is 64.8. The van der Waals surface area contributed by atoms with Crippen molar-refractivity contribution in [3.63, 3.8) is 0 Å². The molecule has 1 saturated heterocycles. The molecule has 5 fully saturated rings. The Balaban J connectivity index is 1.30. The molecule has 0 aromatic heterocycles. The average molecular weight is 755 g/mol. The molecule has 0 radical (unpaired) electrons. The van der Waals surface area contributed by atoms with Crippen LogP contribution in [0.1, 0.15) is 105 Å². The van der Waals surface area contributed by atoms with Gasteiger partial charge < -0.3 is 44.8 Å². The summed E-state index contributed by atoms with van der Waals surface area (Å²) in [7, 11) is 0. The van der Waals surface area contributed by atoms with E-state index >= 15 is 0 Å². The Morgan fingerprint density at radius 3 is 2.28 bits per heavy atom. The number of benzene rings is 1. The number of rotatable bonds is 9. The summed E-state index contributed by atoms with van der Waals surface area (Å²) in [6, 6.07) is 9.95. The van der Waals surface area contributed by atoms with Gasteiger partial charge in [0.15, 0.2) is 6.29 Å². The van der Waals surface area contributed by atoms with Crippen molar-refractivity contribution < 1.29 is 49.6 Å². The molecule has 54 heavy (non-hydrogen) atoms. The van der Waals surface area contributed by atoms with E-state index in [9.17, 15) is 35.4 Å². The van der Waals surface area contributed by atoms with Gasteiger partial charge in [0.1, 0.15) is 18.3 Å². The molecule has 10 heteroatoms. The molecule has 6 N–H and O–H groups in total. The van der Waals surface area contributed by atoms with Gasteiger partial charge in [0.05, 0.1) is 37.4 Å². The van der Waals surface area contributed by atoms with Crippen molar-refractivity contribution in [3.8, 4) is 0 Å². The first-order valence-corrected chi connectivity index (χ1v) is 20.6. The highest BCUT2D eigenvalue weighted by Crippen LogP contribution is 2.77. The van der Waals surface area contributed by atoms with Gasteiger partial charge >= 0.3 is 5.97 Å². The maximum atomic E-state index is 13.4. The summed E-state index contributed by atoms with van der Waals surface area (Å²) in [5.41, 5.74) is -0.428. The second-order valence-corrected chi connectivity index (χ2v) is 19.7. The molecule has 1 aromatic rings. The second kappa shape index (κ2) is 14.2. The molecule has 302 valence electrons. The molecular weight excluding hydrogens is 688 g/mol. The molecule has 0 spiro atoms. The molecule has 6 aliphatic rings. The minimum Gasteiger partial charge on any atom is -0.481 e. The quantitative estimate of drug-likeness (QED) is 0.141. The van der Waals surface area contributed by atoms with Crippen molar-refractivity contribution in [3.05, 3.63) is 47.5 Å². The van der Waals surface area contributed by atoms with Gasteiger partial charge in [0.2, 0.25) is 0 Å². The summed E-state index contributed by atoms with van der Waals surface area (Å²) in [5.74, 6) is -0.454. The summed E-state index contributed by atoms with van der Waals surface area (Å²) in [6.07, 6.45) is 2.53. The fraction of sp³-hybridized carbons (Fsp3) is 0.795. The van der Waals surface area contributed by atoms with Crippen LogP contribution in [0.5, 0.6) is 0 Å². The van der Waals surface area contributed by atoms with Crippen molar-refractivity contribution in [2.24, 2.45) is 56.2 Å². The number of carboxylic acid groups (broad SMARTS) is 1. The number of aliphatic hydroxyl groups is 5. The van der Waals surface area contributed by atoms with E-state index in [0.717, 1.165) is 31.2 Å². The number of hydrogen-bond donors (Lipinski definition) is 6. The second-order valence-electron chi connectivity index (χ2n) is 19.7. The van der Waals surface area contributed by atoms with Crippen LogP contribution in [0.25, 0.3) is 0 Å². The van der Waals surface area contributed by atoms with E-state index in [1.807, 2.05) is 30.3 Å². The third-order valence-electron chi connectivity index (χ3n) is 17.1. The van der Waals surface area contributed by atoms with Crippen LogP contribution in [-0.4, -0.2) is 93.2 Å². The maximum Gasteiger partial charge on any atom is 0.310 e. The predicted octanol–water partition coefficient (Wildman–Crippen LogP) is 5.47. The van der Waals surface area contributed by atoms with E-state index in [1.54, 1.807) is 0 Å². The highest BCUT2D eigenvalue weighted by Gasteiger charge is 2.73. The van der Waals surface area contributed by atoms with Gasteiger partial charge in [-0.3, -0.25) is 4.79 Å². The number of hydrogen-bond acceptors (Lipinski definition) is 9. The zero-order valence-electron chi connectivity index (χ0n) is 33.2. The molecule has 16 atom stereocenters. The van der Waals surface area contributed by atoms with E-state index in [1.165, 1.54) is 5.57 Å². The van der Waals surface area contributed by atoms with Crippen LogP contribution < -0.4 is 0 Å². The van der Waals surface area contributed by atoms with E-state index in [4.69, 9.17) is 14.2 Å². The Morgan fingerprint density at radius 1 is 0.907 bits per heavy atom. The van der Waals surface area contributed by atoms with Crippen molar-refractivity contribution in [2.45, 2.75) is 143 Å². The molecule has 0 bridgehead atoms. The molecule has 0 amide bonds. The van der Waals surface area contributed by atoms with Crippen LogP contribution in [0.2, 0.25) is 0 Å². The summed E-state index contributed by atoms with van der Waals surface area (Å²) in [6.45, 7) is 13.7.